The van der Waals surface area contributed by atoms with Crippen molar-refractivity contribution in [2.24, 2.45) is 0 Å². The van der Waals surface area contributed by atoms with Crippen LogP contribution in [-0.4, -0.2) is 109 Å². The number of aromatic nitrogens is 2. The van der Waals surface area contributed by atoms with E-state index in [1.165, 1.54) is 0 Å². The molecule has 278 valence electrons. The summed E-state index contributed by atoms with van der Waals surface area (Å²) in [6, 6.07) is 18.7. The predicted octanol–water partition coefficient (Wildman–Crippen LogP) is 5.89. The lowest BCUT2D eigenvalue weighted by Gasteiger charge is -2.32. The molecule has 0 bridgehead atoms. The first kappa shape index (κ1) is 38.4. The first-order valence-electron chi connectivity index (χ1n) is 18.2. The average molecular weight is 750 g/mol. The summed E-state index contributed by atoms with van der Waals surface area (Å²) in [7, 11) is 3.32. The second kappa shape index (κ2) is 18.6. The fourth-order valence-corrected chi connectivity index (χ4v) is 7.92. The number of benzene rings is 2. The van der Waals surface area contributed by atoms with Gasteiger partial charge in [-0.3, -0.25) is 4.98 Å². The maximum Gasteiger partial charge on any atom is 0.218 e. The number of nitrogens with one attached hydrogen (secondary N) is 2. The SMILES string of the molecule is COc1cc(-c2nccc(-c3cccc(-c4ccc(CNC5CCN(CCO)CC5)c(OC)n4)c3Cl)c2Cl)ccc1CNC1CCN(CCO)CC1. The van der Waals surface area contributed by atoms with Crippen molar-refractivity contribution >= 4 is 23.2 Å². The van der Waals surface area contributed by atoms with Crippen molar-refractivity contribution in [1.82, 2.24) is 30.4 Å². The highest BCUT2D eigenvalue weighted by atomic mass is 35.5. The van der Waals surface area contributed by atoms with Crippen LogP contribution in [0.3, 0.4) is 0 Å². The van der Waals surface area contributed by atoms with Crippen LogP contribution in [0, 0.1) is 0 Å². The van der Waals surface area contributed by atoms with Crippen LogP contribution in [0.4, 0.5) is 0 Å². The fourth-order valence-electron chi connectivity index (χ4n) is 7.27. The van der Waals surface area contributed by atoms with E-state index < -0.39 is 0 Å². The van der Waals surface area contributed by atoms with Crippen LogP contribution in [-0.2, 0) is 13.1 Å². The Morgan fingerprint density at radius 3 is 1.94 bits per heavy atom. The molecule has 2 aromatic heterocycles. The van der Waals surface area contributed by atoms with E-state index in [2.05, 4.69) is 31.5 Å². The van der Waals surface area contributed by atoms with Crippen molar-refractivity contribution in [3.63, 3.8) is 0 Å². The molecule has 2 aromatic carbocycles. The smallest absolute Gasteiger partial charge is 0.218 e. The molecule has 2 aliphatic heterocycles. The van der Waals surface area contributed by atoms with Crippen molar-refractivity contribution < 1.29 is 19.7 Å². The van der Waals surface area contributed by atoms with Crippen LogP contribution in [0.25, 0.3) is 33.6 Å². The minimum atomic E-state index is 0.202. The monoisotopic (exact) mass is 748 g/mol. The number of methoxy groups -OCH3 is 2. The number of likely N-dealkylation sites (tertiary alicyclic amines) is 2. The molecule has 2 saturated heterocycles. The third kappa shape index (κ3) is 9.24. The van der Waals surface area contributed by atoms with Gasteiger partial charge in [-0.05, 0) is 70.1 Å². The number of β-amino-alcohol motifs (C(OH)–C–C–N with tert-alkyl or cyclic N) is 2. The Kier molecular flexibility index (Phi) is 13.8. The Morgan fingerprint density at radius 2 is 1.33 bits per heavy atom. The maximum atomic E-state index is 9.23. The zero-order valence-corrected chi connectivity index (χ0v) is 31.6. The predicted molar refractivity (Wildman–Crippen MR) is 208 cm³/mol. The number of hydrogen-bond donors (Lipinski definition) is 4. The molecule has 0 unspecified atom stereocenters. The summed E-state index contributed by atoms with van der Waals surface area (Å²) in [6.07, 6.45) is 5.94. The molecule has 4 aromatic rings. The summed E-state index contributed by atoms with van der Waals surface area (Å²) in [5.74, 6) is 1.33. The molecular formula is C40H50Cl2N6O4. The third-order valence-electron chi connectivity index (χ3n) is 10.3. The number of aliphatic hydroxyl groups excluding tert-OH is 2. The minimum absolute atomic E-state index is 0.202. The molecule has 0 atom stereocenters. The lowest BCUT2D eigenvalue weighted by atomic mass is 9.99. The molecule has 52 heavy (non-hydrogen) atoms. The van der Waals surface area contributed by atoms with Gasteiger partial charge in [0.05, 0.1) is 48.9 Å². The molecule has 0 saturated carbocycles. The number of pyridine rings is 2. The van der Waals surface area contributed by atoms with E-state index in [0.717, 1.165) is 104 Å². The molecule has 2 fully saturated rings. The Morgan fingerprint density at radius 1 is 0.731 bits per heavy atom. The molecule has 12 heteroatoms. The van der Waals surface area contributed by atoms with E-state index in [1.54, 1.807) is 20.4 Å². The van der Waals surface area contributed by atoms with Crippen molar-refractivity contribution in [2.75, 3.05) is 66.7 Å². The molecule has 2 aliphatic rings. The lowest BCUT2D eigenvalue weighted by Crippen LogP contribution is -2.43. The lowest BCUT2D eigenvalue weighted by molar-refractivity contribution is 0.156. The molecule has 0 amide bonds. The summed E-state index contributed by atoms with van der Waals surface area (Å²) in [6.45, 7) is 7.17. The van der Waals surface area contributed by atoms with Crippen LogP contribution in [0.15, 0.2) is 60.8 Å². The van der Waals surface area contributed by atoms with Crippen molar-refractivity contribution in [3.8, 4) is 45.3 Å². The van der Waals surface area contributed by atoms with Crippen molar-refractivity contribution in [3.05, 3.63) is 82.0 Å². The van der Waals surface area contributed by atoms with Gasteiger partial charge in [0.25, 0.3) is 0 Å². The summed E-state index contributed by atoms with van der Waals surface area (Å²) in [5.41, 5.74) is 6.58. The van der Waals surface area contributed by atoms with Gasteiger partial charge in [0.2, 0.25) is 5.88 Å². The molecular weight excluding hydrogens is 699 g/mol. The largest absolute Gasteiger partial charge is 0.496 e. The molecule has 6 rings (SSSR count). The minimum Gasteiger partial charge on any atom is -0.496 e. The van der Waals surface area contributed by atoms with Gasteiger partial charge in [0.1, 0.15) is 5.75 Å². The third-order valence-corrected chi connectivity index (χ3v) is 11.1. The number of halogens is 2. The summed E-state index contributed by atoms with van der Waals surface area (Å²) < 4.78 is 11.6. The molecule has 4 heterocycles. The van der Waals surface area contributed by atoms with Gasteiger partial charge in [-0.2, -0.15) is 0 Å². The van der Waals surface area contributed by atoms with Crippen molar-refractivity contribution in [1.29, 1.82) is 0 Å². The standard InChI is InChI=1S/C40H50Cl2N6O4/c1-51-36-24-27(6-7-28(36)25-44-30-11-16-47(17-12-30)20-22-49)39-38(42)33(10-15-43-39)32-4-3-5-34(37(32)41)35-9-8-29(40(46-35)52-2)26-45-31-13-18-48(19-14-31)21-23-50/h3-10,15,24,30-31,44-45,49-50H,11-14,16-23,25-26H2,1-2H3. The number of nitrogens with zero attached hydrogens (tertiary/aromatic N) is 4. The number of aliphatic hydroxyl groups is 2. The van der Waals surface area contributed by atoms with Gasteiger partial charge in [0, 0.05) is 77.8 Å². The van der Waals surface area contributed by atoms with Gasteiger partial charge in [-0.15, -0.1) is 0 Å². The second-order valence-corrected chi connectivity index (χ2v) is 14.3. The first-order valence-corrected chi connectivity index (χ1v) is 19.0. The summed E-state index contributed by atoms with van der Waals surface area (Å²) >= 11 is 14.3. The van der Waals surface area contributed by atoms with Gasteiger partial charge in [-0.25, -0.2) is 4.98 Å². The quantitative estimate of drug-likeness (QED) is 0.117. The van der Waals surface area contributed by atoms with Gasteiger partial charge in [0.15, 0.2) is 0 Å². The van der Waals surface area contributed by atoms with E-state index >= 15 is 0 Å². The highest BCUT2D eigenvalue weighted by Gasteiger charge is 2.22. The Bertz CT molecular complexity index is 1650. The van der Waals surface area contributed by atoms with Gasteiger partial charge in [-0.1, -0.05) is 59.6 Å². The van der Waals surface area contributed by atoms with E-state index in [9.17, 15) is 10.2 Å². The average Bonchev–Trinajstić information content (AvgIpc) is 3.18. The number of piperidine rings is 2. The molecule has 0 aliphatic carbocycles. The Balaban J connectivity index is 1.17. The Hall–Kier alpha value is -3.32. The van der Waals surface area contributed by atoms with Crippen LogP contribution in [0.5, 0.6) is 11.6 Å². The van der Waals surface area contributed by atoms with Crippen LogP contribution in [0.2, 0.25) is 10.0 Å². The van der Waals surface area contributed by atoms with Crippen LogP contribution in [0.1, 0.15) is 36.8 Å². The molecule has 0 radical (unpaired) electrons. The number of hydrogen-bond acceptors (Lipinski definition) is 10. The van der Waals surface area contributed by atoms with Gasteiger partial charge >= 0.3 is 0 Å². The molecule has 0 spiro atoms. The van der Waals surface area contributed by atoms with E-state index in [0.29, 0.717) is 52.5 Å². The van der Waals surface area contributed by atoms with Crippen LogP contribution < -0.4 is 20.1 Å². The highest BCUT2D eigenvalue weighted by molar-refractivity contribution is 6.39. The Labute approximate surface area is 317 Å². The maximum absolute atomic E-state index is 9.23. The van der Waals surface area contributed by atoms with E-state index in [4.69, 9.17) is 37.7 Å². The topological polar surface area (TPSA) is 115 Å². The van der Waals surface area contributed by atoms with Crippen molar-refractivity contribution in [2.45, 2.75) is 50.9 Å². The van der Waals surface area contributed by atoms with E-state index in [-0.39, 0.29) is 13.2 Å². The fraction of sp³-hybridized carbons (Fsp3) is 0.450. The molecule has 4 N–H and O–H groups in total. The van der Waals surface area contributed by atoms with Gasteiger partial charge < -0.3 is 40.1 Å². The highest BCUT2D eigenvalue weighted by Crippen LogP contribution is 2.42. The second-order valence-electron chi connectivity index (χ2n) is 13.5. The first-order chi connectivity index (χ1) is 25.4. The summed E-state index contributed by atoms with van der Waals surface area (Å²) in [5, 5.41) is 26.9. The normalized spacial score (nSPS) is 16.3. The zero-order valence-electron chi connectivity index (χ0n) is 30.1. The van der Waals surface area contributed by atoms with Crippen LogP contribution >= 0.6 is 23.2 Å². The molecule has 10 nitrogen and oxygen atoms in total. The summed E-state index contributed by atoms with van der Waals surface area (Å²) in [4.78, 5) is 14.1. The zero-order chi connectivity index (χ0) is 36.5. The number of ether oxygens (including phenoxy) is 2. The number of rotatable bonds is 15. The van der Waals surface area contributed by atoms with E-state index in [1.807, 2.05) is 48.5 Å².